The van der Waals surface area contributed by atoms with Crippen LogP contribution in [0.3, 0.4) is 0 Å². The first kappa shape index (κ1) is 14.5. The Balaban J connectivity index is 2.56. The first-order valence-electron chi connectivity index (χ1n) is 5.41. The van der Waals surface area contributed by atoms with E-state index < -0.39 is 30.4 Å². The Kier molecular flexibility index (Phi) is 4.86. The molecule has 19 heavy (non-hydrogen) atoms. The van der Waals surface area contributed by atoms with E-state index >= 15 is 0 Å². The highest BCUT2D eigenvalue weighted by atomic mass is 16.4. The van der Waals surface area contributed by atoms with Crippen molar-refractivity contribution in [2.75, 3.05) is 7.05 Å². The zero-order valence-corrected chi connectivity index (χ0v) is 10.3. The Morgan fingerprint density at radius 2 is 2.26 bits per heavy atom. The SMILES string of the molecule is CN(Cc1ncc[nH]1)C(=O)NC(CC(N)=O)C(=O)O. The minimum atomic E-state index is -1.34. The van der Waals surface area contributed by atoms with E-state index in [0.29, 0.717) is 5.82 Å². The van der Waals surface area contributed by atoms with Crippen molar-refractivity contribution >= 4 is 17.9 Å². The smallest absolute Gasteiger partial charge is 0.326 e. The Labute approximate surface area is 108 Å². The lowest BCUT2D eigenvalue weighted by molar-refractivity contribution is -0.140. The number of amides is 3. The number of hydrogen-bond acceptors (Lipinski definition) is 4. The average molecular weight is 269 g/mol. The molecule has 9 heteroatoms. The van der Waals surface area contributed by atoms with E-state index in [9.17, 15) is 14.4 Å². The van der Waals surface area contributed by atoms with Crippen molar-refractivity contribution in [3.63, 3.8) is 0 Å². The summed E-state index contributed by atoms with van der Waals surface area (Å²) < 4.78 is 0. The first-order chi connectivity index (χ1) is 8.90. The van der Waals surface area contributed by atoms with Gasteiger partial charge in [0.2, 0.25) is 5.91 Å². The highest BCUT2D eigenvalue weighted by Crippen LogP contribution is 1.98. The van der Waals surface area contributed by atoms with Crippen molar-refractivity contribution in [2.45, 2.75) is 19.0 Å². The molecule has 104 valence electrons. The van der Waals surface area contributed by atoms with E-state index in [1.807, 2.05) is 0 Å². The maximum atomic E-state index is 11.7. The van der Waals surface area contributed by atoms with E-state index in [0.717, 1.165) is 0 Å². The van der Waals surface area contributed by atoms with Gasteiger partial charge in [0.25, 0.3) is 0 Å². The summed E-state index contributed by atoms with van der Waals surface area (Å²) in [4.78, 5) is 41.2. The highest BCUT2D eigenvalue weighted by molar-refractivity contribution is 5.87. The van der Waals surface area contributed by atoms with Crippen LogP contribution in [-0.2, 0) is 16.1 Å². The van der Waals surface area contributed by atoms with Gasteiger partial charge < -0.3 is 26.0 Å². The number of nitrogens with one attached hydrogen (secondary N) is 2. The number of aliphatic carboxylic acids is 1. The summed E-state index contributed by atoms with van der Waals surface area (Å²) in [7, 11) is 1.47. The van der Waals surface area contributed by atoms with Crippen molar-refractivity contribution in [2.24, 2.45) is 5.73 Å². The van der Waals surface area contributed by atoms with Gasteiger partial charge in [-0.15, -0.1) is 0 Å². The first-order valence-corrected chi connectivity index (χ1v) is 5.41. The number of imidazole rings is 1. The third kappa shape index (κ3) is 4.66. The van der Waals surface area contributed by atoms with Gasteiger partial charge in [0.05, 0.1) is 13.0 Å². The van der Waals surface area contributed by atoms with E-state index in [1.165, 1.54) is 18.1 Å². The number of aromatic amines is 1. The van der Waals surface area contributed by atoms with Crippen LogP contribution >= 0.6 is 0 Å². The van der Waals surface area contributed by atoms with Gasteiger partial charge in [0, 0.05) is 19.4 Å². The molecule has 5 N–H and O–H groups in total. The van der Waals surface area contributed by atoms with Crippen LogP contribution in [0, 0.1) is 0 Å². The van der Waals surface area contributed by atoms with Gasteiger partial charge in [-0.3, -0.25) is 4.79 Å². The topological polar surface area (TPSA) is 141 Å². The summed E-state index contributed by atoms with van der Waals surface area (Å²) in [5.74, 6) is -1.57. The Morgan fingerprint density at radius 1 is 1.58 bits per heavy atom. The van der Waals surface area contributed by atoms with Crippen LogP contribution < -0.4 is 11.1 Å². The van der Waals surface area contributed by atoms with Crippen LogP contribution in [-0.4, -0.2) is 51.0 Å². The number of aromatic nitrogens is 2. The quantitative estimate of drug-likeness (QED) is 0.517. The predicted octanol–water partition coefficient (Wildman–Crippen LogP) is -1.12. The molecule has 0 aromatic carbocycles. The second kappa shape index (κ2) is 6.38. The number of carbonyl (C=O) groups is 3. The average Bonchev–Trinajstić information content (AvgIpc) is 2.79. The van der Waals surface area contributed by atoms with E-state index in [1.54, 1.807) is 6.20 Å². The molecule has 1 atom stereocenters. The number of nitrogens with two attached hydrogens (primary N) is 1. The highest BCUT2D eigenvalue weighted by Gasteiger charge is 2.23. The third-order valence-corrected chi connectivity index (χ3v) is 2.29. The van der Waals surface area contributed by atoms with Gasteiger partial charge in [0.1, 0.15) is 11.9 Å². The second-order valence-electron chi connectivity index (χ2n) is 3.90. The molecule has 0 aliphatic carbocycles. The molecule has 9 nitrogen and oxygen atoms in total. The molecule has 1 aromatic rings. The van der Waals surface area contributed by atoms with Gasteiger partial charge >= 0.3 is 12.0 Å². The zero-order chi connectivity index (χ0) is 14.4. The number of primary amides is 1. The molecule has 0 aliphatic rings. The van der Waals surface area contributed by atoms with Crippen molar-refractivity contribution in [3.05, 3.63) is 18.2 Å². The van der Waals surface area contributed by atoms with Crippen molar-refractivity contribution < 1.29 is 19.5 Å². The van der Waals surface area contributed by atoms with Gasteiger partial charge in [-0.05, 0) is 0 Å². The largest absolute Gasteiger partial charge is 0.480 e. The van der Waals surface area contributed by atoms with Gasteiger partial charge in [-0.25, -0.2) is 14.6 Å². The van der Waals surface area contributed by atoms with Crippen LogP contribution in [0.15, 0.2) is 12.4 Å². The monoisotopic (exact) mass is 269 g/mol. The molecule has 1 rings (SSSR count). The molecule has 0 radical (unpaired) electrons. The fourth-order valence-corrected chi connectivity index (χ4v) is 1.34. The Morgan fingerprint density at radius 3 is 2.74 bits per heavy atom. The molecule has 3 amide bonds. The number of carboxylic acids is 1. The molecule has 1 aromatic heterocycles. The number of carboxylic acid groups (broad SMARTS) is 1. The number of urea groups is 1. The number of hydrogen-bond donors (Lipinski definition) is 4. The van der Waals surface area contributed by atoms with Crippen LogP contribution in [0.4, 0.5) is 4.79 Å². The predicted molar refractivity (Wildman–Crippen MR) is 63.8 cm³/mol. The van der Waals surface area contributed by atoms with Crippen molar-refractivity contribution in [3.8, 4) is 0 Å². The molecular formula is C10H15N5O4. The fraction of sp³-hybridized carbons (Fsp3) is 0.400. The van der Waals surface area contributed by atoms with E-state index in [-0.39, 0.29) is 6.54 Å². The molecule has 1 heterocycles. The summed E-state index contributed by atoms with van der Waals surface area (Å²) in [5, 5.41) is 11.1. The van der Waals surface area contributed by atoms with Crippen LogP contribution in [0.1, 0.15) is 12.2 Å². The molecule has 1 unspecified atom stereocenters. The summed E-state index contributed by atoms with van der Waals surface area (Å²) in [5.41, 5.74) is 4.91. The normalized spacial score (nSPS) is 11.6. The lowest BCUT2D eigenvalue weighted by Crippen LogP contribution is -2.48. The van der Waals surface area contributed by atoms with Crippen molar-refractivity contribution in [1.29, 1.82) is 0 Å². The Hall–Kier alpha value is -2.58. The van der Waals surface area contributed by atoms with Gasteiger partial charge in [-0.1, -0.05) is 0 Å². The summed E-state index contributed by atoms with van der Waals surface area (Å²) >= 11 is 0. The fourth-order valence-electron chi connectivity index (χ4n) is 1.34. The molecule has 0 fully saturated rings. The number of H-pyrrole nitrogens is 1. The summed E-state index contributed by atoms with van der Waals surface area (Å²) in [6, 6.07) is -1.98. The molecule has 0 spiro atoms. The lowest BCUT2D eigenvalue weighted by atomic mass is 10.2. The van der Waals surface area contributed by atoms with Crippen LogP contribution in [0.2, 0.25) is 0 Å². The minimum absolute atomic E-state index is 0.182. The third-order valence-electron chi connectivity index (χ3n) is 2.29. The maximum Gasteiger partial charge on any atom is 0.326 e. The van der Waals surface area contributed by atoms with Crippen LogP contribution in [0.5, 0.6) is 0 Å². The number of nitrogens with zero attached hydrogens (tertiary/aromatic N) is 2. The standard InChI is InChI=1S/C10H15N5O4/c1-15(5-8-12-2-3-13-8)10(19)14-6(9(17)18)4-7(11)16/h2-3,6H,4-5H2,1H3,(H2,11,16)(H,12,13)(H,14,19)(H,17,18). The Bertz CT molecular complexity index is 458. The van der Waals surface area contributed by atoms with E-state index in [4.69, 9.17) is 10.8 Å². The van der Waals surface area contributed by atoms with Gasteiger partial charge in [-0.2, -0.15) is 0 Å². The number of rotatable bonds is 6. The molecule has 0 aliphatic heterocycles. The molecule has 0 saturated carbocycles. The molecule has 0 bridgehead atoms. The molecule has 0 saturated heterocycles. The second-order valence-corrected chi connectivity index (χ2v) is 3.90. The zero-order valence-electron chi connectivity index (χ0n) is 10.3. The number of carbonyl (C=O) groups excluding carboxylic acids is 2. The van der Waals surface area contributed by atoms with E-state index in [2.05, 4.69) is 15.3 Å². The summed E-state index contributed by atoms with van der Waals surface area (Å²) in [6.45, 7) is 0.182. The van der Waals surface area contributed by atoms with Crippen molar-refractivity contribution in [1.82, 2.24) is 20.2 Å². The van der Waals surface area contributed by atoms with Gasteiger partial charge in [0.15, 0.2) is 0 Å². The maximum absolute atomic E-state index is 11.7. The molecular weight excluding hydrogens is 254 g/mol. The lowest BCUT2D eigenvalue weighted by Gasteiger charge is -2.19. The van der Waals surface area contributed by atoms with Crippen LogP contribution in [0.25, 0.3) is 0 Å². The minimum Gasteiger partial charge on any atom is -0.480 e. The summed E-state index contributed by atoms with van der Waals surface area (Å²) in [6.07, 6.45) is 2.68.